The molecule has 6 heterocycles. The van der Waals surface area contributed by atoms with Crippen LogP contribution in [0.2, 0.25) is 17.5 Å². The van der Waals surface area contributed by atoms with E-state index in [4.69, 9.17) is 0 Å². The second-order valence-corrected chi connectivity index (χ2v) is 15.7. The Balaban J connectivity index is 1.14. The van der Waals surface area contributed by atoms with Gasteiger partial charge in [0, 0.05) is 24.2 Å². The lowest BCUT2D eigenvalue weighted by atomic mass is 9.18. The van der Waals surface area contributed by atoms with Gasteiger partial charge in [0.2, 0.25) is 0 Å². The fourth-order valence-corrected chi connectivity index (χ4v) is 14.0. The van der Waals surface area contributed by atoms with E-state index in [1.54, 1.807) is 18.4 Å². The molecule has 2 N–H and O–H groups in total. The van der Waals surface area contributed by atoms with Crippen molar-refractivity contribution in [1.82, 2.24) is 20.4 Å². The molecule has 5 heteroatoms. The van der Waals surface area contributed by atoms with Crippen LogP contribution in [-0.4, -0.2) is 66.1 Å². The van der Waals surface area contributed by atoms with Crippen LogP contribution in [0, 0.1) is 23.7 Å². The van der Waals surface area contributed by atoms with E-state index in [-0.39, 0.29) is 0 Å². The van der Waals surface area contributed by atoms with Crippen LogP contribution >= 0.6 is 0 Å². The zero-order valence-electron chi connectivity index (χ0n) is 23.8. The van der Waals surface area contributed by atoms with E-state index in [2.05, 4.69) is 50.8 Å². The molecule has 12 unspecified atom stereocenters. The number of benzene rings is 1. The molecule has 0 spiro atoms. The van der Waals surface area contributed by atoms with E-state index in [1.165, 1.54) is 77.3 Å². The van der Waals surface area contributed by atoms with E-state index in [0.717, 1.165) is 77.9 Å². The first-order valence-electron chi connectivity index (χ1n) is 17.4. The van der Waals surface area contributed by atoms with Crippen molar-refractivity contribution in [3.63, 3.8) is 0 Å². The summed E-state index contributed by atoms with van der Waals surface area (Å²) in [6, 6.07) is 15.1. The maximum Gasteiger partial charge on any atom is 0.156 e. The van der Waals surface area contributed by atoms with Gasteiger partial charge in [-0.05, 0) is 117 Å². The summed E-state index contributed by atoms with van der Waals surface area (Å²) < 4.78 is 0. The van der Waals surface area contributed by atoms with Crippen LogP contribution < -0.4 is 10.6 Å². The number of hydrogen-bond donors (Lipinski definition) is 2. The zero-order chi connectivity index (χ0) is 25.2. The van der Waals surface area contributed by atoms with Crippen LogP contribution in [0.25, 0.3) is 0 Å². The highest BCUT2D eigenvalue weighted by molar-refractivity contribution is 6.65. The fraction of sp³-hybridized carbons (Fsp3) is 0.824. The Kier molecular flexibility index (Phi) is 5.35. The Morgan fingerprint density at radius 3 is 1.72 bits per heavy atom. The number of hydrogen-bond acceptors (Lipinski definition) is 4. The maximum atomic E-state index is 4.18. The molecule has 1 aromatic rings. The first-order valence-corrected chi connectivity index (χ1v) is 17.4. The Labute approximate surface area is 236 Å². The molecule has 0 amide bonds. The van der Waals surface area contributed by atoms with Gasteiger partial charge in [-0.25, -0.2) is 0 Å². The topological polar surface area (TPSA) is 30.5 Å². The van der Waals surface area contributed by atoms with Crippen molar-refractivity contribution in [1.29, 1.82) is 0 Å². The van der Waals surface area contributed by atoms with Crippen molar-refractivity contribution >= 4 is 6.71 Å². The first-order chi connectivity index (χ1) is 19.4. The second-order valence-electron chi connectivity index (χ2n) is 15.7. The first kappa shape index (κ1) is 23.7. The van der Waals surface area contributed by atoms with Gasteiger partial charge in [-0.1, -0.05) is 56.0 Å². The van der Waals surface area contributed by atoms with E-state index in [1.807, 2.05) is 0 Å². The largest absolute Gasteiger partial charge is 0.301 e. The molecule has 9 aliphatic rings. The maximum absolute atomic E-state index is 4.18. The Morgan fingerprint density at radius 1 is 0.615 bits per heavy atom. The minimum absolute atomic E-state index is 0.673. The summed E-state index contributed by atoms with van der Waals surface area (Å²) in [5, 5.41) is 8.36. The summed E-state index contributed by atoms with van der Waals surface area (Å²) in [7, 11) is 0. The predicted molar refractivity (Wildman–Crippen MR) is 158 cm³/mol. The van der Waals surface area contributed by atoms with Gasteiger partial charge in [0.05, 0.1) is 12.3 Å². The number of fused-ring (bicyclic) bond motifs is 10. The summed E-state index contributed by atoms with van der Waals surface area (Å²) in [5.41, 5.74) is 1.64. The Bertz CT molecular complexity index is 1030. The van der Waals surface area contributed by atoms with E-state index >= 15 is 0 Å². The summed E-state index contributed by atoms with van der Waals surface area (Å²) in [6.45, 7) is 3.51. The van der Waals surface area contributed by atoms with Crippen LogP contribution in [0.1, 0.15) is 88.5 Å². The monoisotopic (exact) mass is 524 g/mol. The number of rotatable bonds is 1. The predicted octanol–water partition coefficient (Wildman–Crippen LogP) is 5.55. The number of piperidine rings is 2. The summed E-state index contributed by atoms with van der Waals surface area (Å²) >= 11 is 0. The van der Waals surface area contributed by atoms with Crippen molar-refractivity contribution in [2.75, 3.05) is 13.1 Å². The molecule has 0 aromatic heterocycles. The van der Waals surface area contributed by atoms with Crippen LogP contribution in [-0.2, 0) is 0 Å². The van der Waals surface area contributed by atoms with Gasteiger partial charge in [-0.3, -0.25) is 9.80 Å². The lowest BCUT2D eigenvalue weighted by Crippen LogP contribution is -2.73. The zero-order valence-corrected chi connectivity index (χ0v) is 23.8. The lowest BCUT2D eigenvalue weighted by molar-refractivity contribution is -0.0321. The summed E-state index contributed by atoms with van der Waals surface area (Å²) in [5.74, 6) is 7.38. The molecular weight excluding hydrogens is 475 g/mol. The number of nitrogens with one attached hydrogen (secondary N) is 2. The van der Waals surface area contributed by atoms with E-state index in [0.29, 0.717) is 12.3 Å². The van der Waals surface area contributed by atoms with Crippen molar-refractivity contribution in [2.24, 2.45) is 23.7 Å². The molecule has 208 valence electrons. The van der Waals surface area contributed by atoms with Gasteiger partial charge < -0.3 is 10.6 Å². The van der Waals surface area contributed by atoms with Crippen LogP contribution in [0.15, 0.2) is 30.3 Å². The molecule has 10 rings (SSSR count). The average Bonchev–Trinajstić information content (AvgIpc) is 3.52. The molecule has 12 atom stereocenters. The number of nitrogens with zero attached hydrogens (tertiary/aromatic N) is 2. The normalized spacial score (nSPS) is 53.8. The summed E-state index contributed by atoms with van der Waals surface area (Å²) in [4.78, 5) is 6.51. The van der Waals surface area contributed by atoms with Crippen molar-refractivity contribution in [3.8, 4) is 0 Å². The van der Waals surface area contributed by atoms with Gasteiger partial charge in [0.1, 0.15) is 0 Å². The molecular formula is C34H49BN4. The average molecular weight is 525 g/mol. The van der Waals surface area contributed by atoms with Crippen molar-refractivity contribution < 1.29 is 0 Å². The molecule has 4 nitrogen and oxygen atoms in total. The molecule has 3 aliphatic carbocycles. The molecule has 0 radical (unpaired) electrons. The molecule has 6 saturated heterocycles. The molecule has 1 aromatic carbocycles. The van der Waals surface area contributed by atoms with Crippen LogP contribution in [0.3, 0.4) is 0 Å². The second kappa shape index (κ2) is 8.82. The van der Waals surface area contributed by atoms with Crippen LogP contribution in [0.4, 0.5) is 0 Å². The van der Waals surface area contributed by atoms with Crippen molar-refractivity contribution in [3.05, 3.63) is 35.9 Å². The molecule has 39 heavy (non-hydrogen) atoms. The highest BCUT2D eigenvalue weighted by Crippen LogP contribution is 2.68. The minimum atomic E-state index is 0.673. The third-order valence-corrected chi connectivity index (χ3v) is 14.7. The van der Waals surface area contributed by atoms with Crippen LogP contribution in [0.5, 0.6) is 0 Å². The SMILES string of the molecule is c1ccc(C2CC3C4B(C5CCCC6C7CCCNC7N3C56)C3CCCC5C6CCCNC6N(C4C2)C35)cc1. The minimum Gasteiger partial charge on any atom is -0.301 e. The van der Waals surface area contributed by atoms with E-state index in [9.17, 15) is 0 Å². The van der Waals surface area contributed by atoms with Gasteiger partial charge in [0.25, 0.3) is 0 Å². The van der Waals surface area contributed by atoms with Gasteiger partial charge in [-0.2, -0.15) is 0 Å². The molecule has 9 fully saturated rings. The third kappa shape index (κ3) is 3.12. The van der Waals surface area contributed by atoms with Crippen molar-refractivity contribution in [2.45, 2.75) is 137 Å². The smallest absolute Gasteiger partial charge is 0.156 e. The third-order valence-electron chi connectivity index (χ3n) is 14.7. The molecule has 3 saturated carbocycles. The Hall–Kier alpha value is -0.875. The molecule has 0 bridgehead atoms. The van der Waals surface area contributed by atoms with E-state index < -0.39 is 0 Å². The Morgan fingerprint density at radius 2 is 1.15 bits per heavy atom. The highest BCUT2D eigenvalue weighted by Gasteiger charge is 2.71. The standard InChI is InChI=1S/C34H49BN4/c1-2-8-20(9-3-1)21-18-28-30-29(19-21)39-32-23(25-13-7-17-37-34(25)39)11-5-15-27(32)35(30)26-14-4-10-22-24-12-6-16-36-33(24)38(28)31(22)26/h1-3,8-9,21-34,36-37H,4-7,10-19H2. The highest BCUT2D eigenvalue weighted by atomic mass is 15.4. The molecule has 6 aliphatic heterocycles. The summed E-state index contributed by atoms with van der Waals surface area (Å²) in [6.07, 6.45) is 19.1. The van der Waals surface area contributed by atoms with Gasteiger partial charge in [-0.15, -0.1) is 0 Å². The quantitative estimate of drug-likeness (QED) is 0.472. The fourth-order valence-electron chi connectivity index (χ4n) is 14.0. The van der Waals surface area contributed by atoms with Gasteiger partial charge in [0.15, 0.2) is 6.71 Å². The lowest BCUT2D eigenvalue weighted by Gasteiger charge is -2.67. The van der Waals surface area contributed by atoms with Gasteiger partial charge >= 0.3 is 0 Å².